The van der Waals surface area contributed by atoms with E-state index in [1.54, 1.807) is 24.4 Å². The zero-order valence-electron chi connectivity index (χ0n) is 21.2. The van der Waals surface area contributed by atoms with Crippen LogP contribution in [0.25, 0.3) is 16.9 Å². The van der Waals surface area contributed by atoms with Crippen LogP contribution in [0.5, 0.6) is 0 Å². The van der Waals surface area contributed by atoms with Gasteiger partial charge in [0.1, 0.15) is 17.1 Å². The van der Waals surface area contributed by atoms with Crippen LogP contribution >= 0.6 is 0 Å². The average Bonchev–Trinajstić information content (AvgIpc) is 3.39. The Hall–Kier alpha value is -4.58. The Morgan fingerprint density at radius 2 is 1.75 bits per heavy atom. The minimum Gasteiger partial charge on any atom is -0.438 e. The molecule has 1 N–H and O–H groups in total. The number of piperidine rings is 1. The van der Waals surface area contributed by atoms with Crippen molar-refractivity contribution in [3.63, 3.8) is 0 Å². The summed E-state index contributed by atoms with van der Waals surface area (Å²) in [5.41, 5.74) is 1.79. The molecule has 0 atom stereocenters. The molecule has 8 nitrogen and oxygen atoms in total. The first-order chi connectivity index (χ1) is 19.2. The summed E-state index contributed by atoms with van der Waals surface area (Å²) in [7, 11) is 2.03. The van der Waals surface area contributed by atoms with E-state index < -0.39 is 29.1 Å². The molecule has 2 aliphatic rings. The molecule has 6 rings (SSSR count). The lowest BCUT2D eigenvalue weighted by atomic mass is 9.82. The number of benzene rings is 2. The number of amides is 1. The number of likely N-dealkylation sites (tertiary alicyclic amines) is 1. The zero-order chi connectivity index (χ0) is 28.4. The average molecular weight is 554 g/mol. The van der Waals surface area contributed by atoms with E-state index in [-0.39, 0.29) is 17.2 Å². The van der Waals surface area contributed by atoms with Gasteiger partial charge in [-0.05, 0) is 43.4 Å². The van der Waals surface area contributed by atoms with Gasteiger partial charge in [0.2, 0.25) is 0 Å². The Balaban J connectivity index is 0.000000164. The molecule has 1 spiro atoms. The lowest BCUT2D eigenvalue weighted by Gasteiger charge is -2.43. The SMILES string of the molecule is CN1CCC2(CC1)OC(=O)Nc1ccc(F)cc12.O=Cc1cc(-c2cccnc2)n(-c2cc(F)c(F)c(F)c2)n1. The molecule has 0 unspecified atom stereocenters. The highest BCUT2D eigenvalue weighted by atomic mass is 19.2. The molecule has 12 heteroatoms. The lowest BCUT2D eigenvalue weighted by molar-refractivity contribution is -0.0335. The molecule has 0 aliphatic carbocycles. The minimum atomic E-state index is -1.56. The molecule has 1 amide bonds. The van der Waals surface area contributed by atoms with Gasteiger partial charge in [0.25, 0.3) is 0 Å². The molecule has 40 heavy (non-hydrogen) atoms. The second kappa shape index (κ2) is 10.9. The third kappa shape index (κ3) is 5.30. The smallest absolute Gasteiger partial charge is 0.412 e. The number of fused-ring (bicyclic) bond motifs is 2. The Labute approximate surface area is 226 Å². The van der Waals surface area contributed by atoms with Gasteiger partial charge in [0, 0.05) is 61.6 Å². The standard InChI is InChI=1S/C15H8F3N3O.C13H15FN2O2/c16-12-5-11(6-13(17)15(12)18)21-14(4-10(8-22)20-21)9-2-1-3-19-7-9;1-16-6-4-13(5-7-16)10-8-9(14)2-3-11(10)15-12(17)18-13/h1-8H;2-3,8H,4-7H2,1H3,(H,15,17). The summed E-state index contributed by atoms with van der Waals surface area (Å²) in [4.78, 5) is 28.7. The van der Waals surface area contributed by atoms with Gasteiger partial charge in [-0.1, -0.05) is 0 Å². The number of anilines is 1. The molecule has 4 aromatic rings. The quantitative estimate of drug-likeness (QED) is 0.206. The second-order valence-corrected chi connectivity index (χ2v) is 9.45. The summed E-state index contributed by atoms with van der Waals surface area (Å²) in [5, 5.41) is 6.58. The molecule has 4 heterocycles. The number of carbonyl (C=O) groups is 2. The van der Waals surface area contributed by atoms with E-state index >= 15 is 0 Å². The van der Waals surface area contributed by atoms with Crippen LogP contribution in [0, 0.1) is 23.3 Å². The van der Waals surface area contributed by atoms with Crippen molar-refractivity contribution in [2.24, 2.45) is 0 Å². The van der Waals surface area contributed by atoms with Gasteiger partial charge in [-0.25, -0.2) is 27.0 Å². The van der Waals surface area contributed by atoms with Crippen molar-refractivity contribution in [2.75, 3.05) is 25.5 Å². The van der Waals surface area contributed by atoms with Crippen LogP contribution in [0.15, 0.2) is 60.9 Å². The predicted octanol–water partition coefficient (Wildman–Crippen LogP) is 5.47. The fraction of sp³-hybridized carbons (Fsp3) is 0.214. The largest absolute Gasteiger partial charge is 0.438 e. The highest BCUT2D eigenvalue weighted by Crippen LogP contribution is 2.43. The van der Waals surface area contributed by atoms with E-state index in [4.69, 9.17) is 4.74 Å². The van der Waals surface area contributed by atoms with Crippen molar-refractivity contribution >= 4 is 18.1 Å². The van der Waals surface area contributed by atoms with Crippen molar-refractivity contribution in [3.05, 3.63) is 95.5 Å². The van der Waals surface area contributed by atoms with E-state index in [1.807, 2.05) is 7.05 Å². The maximum absolute atomic E-state index is 13.4. The molecule has 206 valence electrons. The first kappa shape index (κ1) is 27.0. The van der Waals surface area contributed by atoms with Gasteiger partial charge >= 0.3 is 6.09 Å². The van der Waals surface area contributed by atoms with Gasteiger partial charge in [0.05, 0.1) is 17.1 Å². The van der Waals surface area contributed by atoms with Gasteiger partial charge in [-0.2, -0.15) is 5.10 Å². The lowest BCUT2D eigenvalue weighted by Crippen LogP contribution is -2.47. The van der Waals surface area contributed by atoms with Crippen LogP contribution in [0.2, 0.25) is 0 Å². The molecule has 2 aromatic carbocycles. The molecule has 2 aliphatic heterocycles. The summed E-state index contributed by atoms with van der Waals surface area (Å²) < 4.78 is 60.0. The predicted molar refractivity (Wildman–Crippen MR) is 137 cm³/mol. The molecule has 2 aromatic heterocycles. The Morgan fingerprint density at radius 1 is 1.02 bits per heavy atom. The molecule has 0 radical (unpaired) electrons. The Bertz CT molecular complexity index is 1550. The normalized spacial score (nSPS) is 15.9. The number of rotatable bonds is 3. The zero-order valence-corrected chi connectivity index (χ0v) is 21.2. The van der Waals surface area contributed by atoms with Crippen molar-refractivity contribution in [3.8, 4) is 16.9 Å². The van der Waals surface area contributed by atoms with Gasteiger partial charge in [-0.3, -0.25) is 15.1 Å². The van der Waals surface area contributed by atoms with Crippen LogP contribution in [0.1, 0.15) is 28.9 Å². The molecule has 0 bridgehead atoms. The number of carbonyl (C=O) groups excluding carboxylic acids is 2. The topological polar surface area (TPSA) is 89.4 Å². The Morgan fingerprint density at radius 3 is 2.40 bits per heavy atom. The third-order valence-corrected chi connectivity index (χ3v) is 6.81. The van der Waals surface area contributed by atoms with E-state index in [2.05, 4.69) is 20.3 Å². The number of halogens is 4. The van der Waals surface area contributed by atoms with Crippen LogP contribution in [0.3, 0.4) is 0 Å². The van der Waals surface area contributed by atoms with Gasteiger partial charge in [-0.15, -0.1) is 0 Å². The van der Waals surface area contributed by atoms with Crippen molar-refractivity contribution in [1.29, 1.82) is 0 Å². The van der Waals surface area contributed by atoms with E-state index in [0.29, 0.717) is 36.1 Å². The summed E-state index contributed by atoms with van der Waals surface area (Å²) >= 11 is 0. The first-order valence-electron chi connectivity index (χ1n) is 12.3. The molecular weight excluding hydrogens is 530 g/mol. The highest BCUT2D eigenvalue weighted by Gasteiger charge is 2.44. The van der Waals surface area contributed by atoms with Crippen LogP contribution < -0.4 is 5.32 Å². The second-order valence-electron chi connectivity index (χ2n) is 9.45. The van der Waals surface area contributed by atoms with E-state index in [1.165, 1.54) is 24.4 Å². The number of hydrogen-bond acceptors (Lipinski definition) is 6. The van der Waals surface area contributed by atoms with Crippen molar-refractivity contribution < 1.29 is 31.9 Å². The monoisotopic (exact) mass is 553 g/mol. The highest BCUT2D eigenvalue weighted by molar-refractivity contribution is 5.88. The first-order valence-corrected chi connectivity index (χ1v) is 12.3. The summed E-state index contributed by atoms with van der Waals surface area (Å²) in [6.07, 6.45) is 4.53. The fourth-order valence-electron chi connectivity index (χ4n) is 4.76. The summed E-state index contributed by atoms with van der Waals surface area (Å²) in [6, 6.07) is 10.9. The van der Waals surface area contributed by atoms with E-state index in [0.717, 1.165) is 35.5 Å². The van der Waals surface area contributed by atoms with Gasteiger partial charge in [0.15, 0.2) is 23.7 Å². The number of nitrogens with one attached hydrogen (secondary N) is 1. The number of hydrogen-bond donors (Lipinski definition) is 1. The Kier molecular flexibility index (Phi) is 7.35. The molecule has 1 fully saturated rings. The van der Waals surface area contributed by atoms with Crippen molar-refractivity contribution in [1.82, 2.24) is 19.7 Å². The fourth-order valence-corrected chi connectivity index (χ4v) is 4.76. The maximum Gasteiger partial charge on any atom is 0.412 e. The molecule has 0 saturated carbocycles. The number of nitrogens with zero attached hydrogens (tertiary/aromatic N) is 4. The van der Waals surface area contributed by atoms with Crippen molar-refractivity contribution in [2.45, 2.75) is 18.4 Å². The van der Waals surface area contributed by atoms with Crippen LogP contribution in [-0.2, 0) is 10.3 Å². The number of pyridine rings is 1. The van der Waals surface area contributed by atoms with Crippen LogP contribution in [-0.4, -0.2) is 52.2 Å². The summed E-state index contributed by atoms with van der Waals surface area (Å²) in [5.74, 6) is -4.54. The molecular formula is C28H23F4N5O3. The minimum absolute atomic E-state index is 0.0386. The van der Waals surface area contributed by atoms with E-state index in [9.17, 15) is 27.2 Å². The third-order valence-electron chi connectivity index (χ3n) is 6.81. The number of aromatic nitrogens is 3. The molecule has 1 saturated heterocycles. The van der Waals surface area contributed by atoms with Crippen LogP contribution in [0.4, 0.5) is 28.0 Å². The van der Waals surface area contributed by atoms with Gasteiger partial charge < -0.3 is 9.64 Å². The summed E-state index contributed by atoms with van der Waals surface area (Å²) in [6.45, 7) is 1.67. The maximum atomic E-state index is 13.4. The number of aldehydes is 1. The number of ether oxygens (including phenoxy) is 1.